The van der Waals surface area contributed by atoms with Gasteiger partial charge in [0.05, 0.1) is 6.61 Å². The van der Waals surface area contributed by atoms with Crippen molar-refractivity contribution in [2.75, 3.05) is 26.3 Å². The fourth-order valence-electron chi connectivity index (χ4n) is 2.58. The normalized spacial score (nSPS) is 20.6. The third kappa shape index (κ3) is 3.97. The van der Waals surface area contributed by atoms with Gasteiger partial charge in [0.2, 0.25) is 0 Å². The van der Waals surface area contributed by atoms with Gasteiger partial charge in [-0.3, -0.25) is 4.90 Å². The molecule has 0 radical (unpaired) electrons. The van der Waals surface area contributed by atoms with E-state index >= 15 is 0 Å². The Morgan fingerprint density at radius 1 is 1.25 bits per heavy atom. The van der Waals surface area contributed by atoms with Gasteiger partial charge in [-0.1, -0.05) is 32.0 Å². The summed E-state index contributed by atoms with van der Waals surface area (Å²) in [5.41, 5.74) is 1.27. The van der Waals surface area contributed by atoms with Crippen LogP contribution in [0.4, 0.5) is 0 Å². The second kappa shape index (κ2) is 7.09. The first kappa shape index (κ1) is 15.3. The minimum atomic E-state index is 0.173. The number of rotatable bonds is 5. The molecule has 3 heteroatoms. The number of hydrogen-bond donors (Lipinski definition) is 0. The lowest BCUT2D eigenvalue weighted by Crippen LogP contribution is -2.47. The number of morpholine rings is 1. The van der Waals surface area contributed by atoms with Crippen molar-refractivity contribution in [2.24, 2.45) is 0 Å². The van der Waals surface area contributed by atoms with Crippen molar-refractivity contribution in [3.8, 4) is 5.75 Å². The topological polar surface area (TPSA) is 21.7 Å². The van der Waals surface area contributed by atoms with E-state index in [4.69, 9.17) is 9.47 Å². The van der Waals surface area contributed by atoms with E-state index in [9.17, 15) is 0 Å². The molecular formula is C17H27NO2. The zero-order valence-electron chi connectivity index (χ0n) is 13.1. The van der Waals surface area contributed by atoms with Crippen LogP contribution in [0.15, 0.2) is 24.3 Å². The second-order valence-electron chi connectivity index (χ2n) is 6.09. The first-order valence-corrected chi connectivity index (χ1v) is 7.65. The molecule has 1 aromatic rings. The van der Waals surface area contributed by atoms with E-state index in [0.717, 1.165) is 25.4 Å². The summed E-state index contributed by atoms with van der Waals surface area (Å²) < 4.78 is 11.8. The lowest BCUT2D eigenvalue weighted by Gasteiger charge is -2.35. The van der Waals surface area contributed by atoms with Crippen LogP contribution in [0, 0.1) is 0 Å². The van der Waals surface area contributed by atoms with Crippen molar-refractivity contribution in [1.29, 1.82) is 0 Å². The summed E-state index contributed by atoms with van der Waals surface area (Å²) in [5, 5.41) is 0. The van der Waals surface area contributed by atoms with Crippen molar-refractivity contribution in [3.05, 3.63) is 29.8 Å². The number of ether oxygens (including phenoxy) is 2. The van der Waals surface area contributed by atoms with E-state index in [0.29, 0.717) is 18.6 Å². The van der Waals surface area contributed by atoms with E-state index in [1.165, 1.54) is 5.56 Å². The molecule has 0 saturated carbocycles. The Balaban J connectivity index is 1.92. The molecule has 1 aromatic carbocycles. The summed E-state index contributed by atoms with van der Waals surface area (Å²) in [6, 6.07) is 8.87. The van der Waals surface area contributed by atoms with Crippen LogP contribution in [0.2, 0.25) is 0 Å². The Morgan fingerprint density at radius 2 is 2.00 bits per heavy atom. The highest BCUT2D eigenvalue weighted by Crippen LogP contribution is 2.26. The van der Waals surface area contributed by atoms with E-state index < -0.39 is 0 Å². The third-order valence-electron chi connectivity index (χ3n) is 3.87. The van der Waals surface area contributed by atoms with Crippen LogP contribution in [0.1, 0.15) is 39.2 Å². The summed E-state index contributed by atoms with van der Waals surface area (Å²) in [6.45, 7) is 12.3. The van der Waals surface area contributed by atoms with Gasteiger partial charge in [-0.2, -0.15) is 0 Å². The van der Waals surface area contributed by atoms with Gasteiger partial charge in [0.1, 0.15) is 18.5 Å². The molecule has 0 aromatic heterocycles. The molecule has 20 heavy (non-hydrogen) atoms. The maximum Gasteiger partial charge on any atom is 0.122 e. The molecule has 1 aliphatic rings. The van der Waals surface area contributed by atoms with Gasteiger partial charge in [0.25, 0.3) is 0 Å². The van der Waals surface area contributed by atoms with Gasteiger partial charge >= 0.3 is 0 Å². The Labute approximate surface area is 122 Å². The first-order valence-electron chi connectivity index (χ1n) is 7.65. The third-order valence-corrected chi connectivity index (χ3v) is 3.87. The van der Waals surface area contributed by atoms with Crippen molar-refractivity contribution in [3.63, 3.8) is 0 Å². The monoisotopic (exact) mass is 277 g/mol. The fourth-order valence-corrected chi connectivity index (χ4v) is 2.58. The smallest absolute Gasteiger partial charge is 0.122 e. The second-order valence-corrected chi connectivity index (χ2v) is 6.09. The van der Waals surface area contributed by atoms with Crippen LogP contribution in [0.3, 0.4) is 0 Å². The molecule has 112 valence electrons. The molecule has 3 nitrogen and oxygen atoms in total. The molecule has 1 aliphatic heterocycles. The molecule has 1 saturated heterocycles. The average molecular weight is 277 g/mol. The van der Waals surface area contributed by atoms with E-state index in [1.807, 2.05) is 6.07 Å². The van der Waals surface area contributed by atoms with E-state index in [2.05, 4.69) is 50.8 Å². The zero-order valence-corrected chi connectivity index (χ0v) is 13.1. The Morgan fingerprint density at radius 3 is 2.70 bits per heavy atom. The SMILES string of the molecule is CC(C)c1ccccc1OCC1CN(C(C)C)CCO1. The van der Waals surface area contributed by atoms with Crippen LogP contribution in [-0.2, 0) is 4.74 Å². The average Bonchev–Trinajstić information content (AvgIpc) is 2.45. The highest BCUT2D eigenvalue weighted by atomic mass is 16.5. The minimum absolute atomic E-state index is 0.173. The van der Waals surface area contributed by atoms with Crippen LogP contribution in [0.5, 0.6) is 5.75 Å². The molecule has 0 bridgehead atoms. The van der Waals surface area contributed by atoms with Crippen molar-refractivity contribution >= 4 is 0 Å². The predicted molar refractivity (Wildman–Crippen MR) is 82.5 cm³/mol. The quantitative estimate of drug-likeness (QED) is 0.824. The van der Waals surface area contributed by atoms with Gasteiger partial charge in [-0.05, 0) is 31.4 Å². The van der Waals surface area contributed by atoms with Crippen LogP contribution in [-0.4, -0.2) is 43.3 Å². The van der Waals surface area contributed by atoms with E-state index in [-0.39, 0.29) is 6.10 Å². The molecular weight excluding hydrogens is 250 g/mol. The number of hydrogen-bond acceptors (Lipinski definition) is 3. The lowest BCUT2D eigenvalue weighted by atomic mass is 10.0. The summed E-state index contributed by atoms with van der Waals surface area (Å²) in [4.78, 5) is 2.45. The van der Waals surface area contributed by atoms with Gasteiger partial charge in [0.15, 0.2) is 0 Å². The summed E-state index contributed by atoms with van der Waals surface area (Å²) >= 11 is 0. The van der Waals surface area contributed by atoms with Crippen LogP contribution < -0.4 is 4.74 Å². The number of benzene rings is 1. The molecule has 2 rings (SSSR count). The Kier molecular flexibility index (Phi) is 5.44. The molecule has 1 fully saturated rings. The maximum absolute atomic E-state index is 6.01. The maximum atomic E-state index is 6.01. The molecule has 1 heterocycles. The summed E-state index contributed by atoms with van der Waals surface area (Å²) in [6.07, 6.45) is 0.173. The van der Waals surface area contributed by atoms with Gasteiger partial charge in [-0.15, -0.1) is 0 Å². The Bertz CT molecular complexity index is 417. The molecule has 0 N–H and O–H groups in total. The van der Waals surface area contributed by atoms with Crippen molar-refractivity contribution in [2.45, 2.75) is 45.8 Å². The summed E-state index contributed by atoms with van der Waals surface area (Å²) in [5.74, 6) is 1.47. The number of para-hydroxylation sites is 1. The Hall–Kier alpha value is -1.06. The van der Waals surface area contributed by atoms with Crippen LogP contribution in [0.25, 0.3) is 0 Å². The molecule has 0 aliphatic carbocycles. The molecule has 0 amide bonds. The molecule has 0 spiro atoms. The molecule has 1 atom stereocenters. The fraction of sp³-hybridized carbons (Fsp3) is 0.647. The largest absolute Gasteiger partial charge is 0.491 e. The predicted octanol–water partition coefficient (Wildman–Crippen LogP) is 3.30. The van der Waals surface area contributed by atoms with Gasteiger partial charge < -0.3 is 9.47 Å². The standard InChI is InChI=1S/C17H27NO2/c1-13(2)16-7-5-6-8-17(16)20-12-15-11-18(14(3)4)9-10-19-15/h5-8,13-15H,9-12H2,1-4H3. The lowest BCUT2D eigenvalue weighted by molar-refractivity contribution is -0.0565. The van der Waals surface area contributed by atoms with E-state index in [1.54, 1.807) is 0 Å². The first-order chi connectivity index (χ1) is 9.58. The van der Waals surface area contributed by atoms with Gasteiger partial charge in [0, 0.05) is 19.1 Å². The highest BCUT2D eigenvalue weighted by molar-refractivity contribution is 5.35. The van der Waals surface area contributed by atoms with Crippen molar-refractivity contribution < 1.29 is 9.47 Å². The van der Waals surface area contributed by atoms with Crippen molar-refractivity contribution in [1.82, 2.24) is 4.90 Å². The zero-order chi connectivity index (χ0) is 14.5. The number of nitrogens with zero attached hydrogens (tertiary/aromatic N) is 1. The summed E-state index contributed by atoms with van der Waals surface area (Å²) in [7, 11) is 0. The molecule has 1 unspecified atom stereocenters. The highest BCUT2D eigenvalue weighted by Gasteiger charge is 2.23. The minimum Gasteiger partial charge on any atom is -0.491 e. The van der Waals surface area contributed by atoms with Crippen LogP contribution >= 0.6 is 0 Å². The van der Waals surface area contributed by atoms with Gasteiger partial charge in [-0.25, -0.2) is 0 Å².